The van der Waals surface area contributed by atoms with Crippen molar-refractivity contribution in [3.8, 4) is 0 Å². The predicted octanol–water partition coefficient (Wildman–Crippen LogP) is 0.873. The van der Waals surface area contributed by atoms with E-state index in [0.29, 0.717) is 10.9 Å². The van der Waals surface area contributed by atoms with E-state index >= 15 is 0 Å². The lowest BCUT2D eigenvalue weighted by Crippen LogP contribution is -2.17. The zero-order chi connectivity index (χ0) is 9.42. The van der Waals surface area contributed by atoms with Crippen LogP contribution in [0.4, 0.5) is 4.39 Å². The van der Waals surface area contributed by atoms with Gasteiger partial charge in [0.25, 0.3) is 5.56 Å². The maximum atomic E-state index is 12.7. The van der Waals surface area contributed by atoms with E-state index in [1.807, 2.05) is 0 Å². The summed E-state index contributed by atoms with van der Waals surface area (Å²) in [5.41, 5.74) is 0.119. The number of hydrogen-bond acceptors (Lipinski definition) is 2. The Morgan fingerprint density at radius 2 is 2.31 bits per heavy atom. The standard InChI is InChI=1S/C9H6FN2O/c1-12-5-11-8-4-6(10)2-3-7(8)9(12)13/h2-4H,1H3. The molecule has 0 spiro atoms. The number of nitrogens with zero attached hydrogens (tertiary/aromatic N) is 2. The van der Waals surface area contributed by atoms with Crippen LogP contribution < -0.4 is 5.56 Å². The highest BCUT2D eigenvalue weighted by molar-refractivity contribution is 5.76. The number of halogens is 1. The van der Waals surface area contributed by atoms with Gasteiger partial charge in [-0.3, -0.25) is 9.36 Å². The van der Waals surface area contributed by atoms with Gasteiger partial charge >= 0.3 is 0 Å². The third-order valence-corrected chi connectivity index (χ3v) is 1.82. The van der Waals surface area contributed by atoms with E-state index in [-0.39, 0.29) is 5.56 Å². The Morgan fingerprint density at radius 1 is 1.54 bits per heavy atom. The van der Waals surface area contributed by atoms with E-state index < -0.39 is 5.82 Å². The molecule has 0 aliphatic rings. The first-order valence-electron chi connectivity index (χ1n) is 3.72. The first-order chi connectivity index (χ1) is 6.18. The van der Waals surface area contributed by atoms with Crippen molar-refractivity contribution in [2.24, 2.45) is 7.05 Å². The Kier molecular flexibility index (Phi) is 1.62. The fourth-order valence-corrected chi connectivity index (χ4v) is 1.13. The Morgan fingerprint density at radius 3 is 3.08 bits per heavy atom. The molecule has 0 N–H and O–H groups in total. The number of aromatic nitrogens is 2. The van der Waals surface area contributed by atoms with Crippen LogP contribution in [0.15, 0.2) is 23.0 Å². The van der Waals surface area contributed by atoms with E-state index in [1.54, 1.807) is 7.05 Å². The zero-order valence-electron chi connectivity index (χ0n) is 6.91. The summed E-state index contributed by atoms with van der Waals surface area (Å²) in [5.74, 6) is -0.401. The molecule has 1 radical (unpaired) electrons. The summed E-state index contributed by atoms with van der Waals surface area (Å²) in [4.78, 5) is 15.2. The number of rotatable bonds is 0. The third-order valence-electron chi connectivity index (χ3n) is 1.82. The van der Waals surface area contributed by atoms with Crippen molar-refractivity contribution in [1.82, 2.24) is 9.55 Å². The average molecular weight is 177 g/mol. The van der Waals surface area contributed by atoms with Gasteiger partial charge in [0.15, 0.2) is 6.33 Å². The summed E-state index contributed by atoms with van der Waals surface area (Å²) in [6.07, 6.45) is 2.46. The second kappa shape index (κ2) is 2.65. The summed E-state index contributed by atoms with van der Waals surface area (Å²) < 4.78 is 13.9. The van der Waals surface area contributed by atoms with Crippen LogP contribution in [0.2, 0.25) is 0 Å². The lowest BCUT2D eigenvalue weighted by molar-refractivity contribution is 0.629. The van der Waals surface area contributed by atoms with Gasteiger partial charge in [-0.1, -0.05) is 0 Å². The summed E-state index contributed by atoms with van der Waals surface area (Å²) >= 11 is 0. The monoisotopic (exact) mass is 177 g/mol. The van der Waals surface area contributed by atoms with Crippen molar-refractivity contribution in [3.05, 3.63) is 40.7 Å². The molecule has 1 aromatic heterocycles. The summed E-state index contributed by atoms with van der Waals surface area (Å²) in [7, 11) is 1.55. The van der Waals surface area contributed by atoms with Crippen molar-refractivity contribution >= 4 is 10.9 Å². The van der Waals surface area contributed by atoms with Gasteiger partial charge in [-0.2, -0.15) is 0 Å². The van der Waals surface area contributed by atoms with Crippen LogP contribution in [-0.2, 0) is 7.05 Å². The second-order valence-corrected chi connectivity index (χ2v) is 2.74. The van der Waals surface area contributed by atoms with E-state index in [4.69, 9.17) is 0 Å². The van der Waals surface area contributed by atoms with Gasteiger partial charge in [0.1, 0.15) is 5.82 Å². The Bertz CT molecular complexity index is 518. The highest BCUT2D eigenvalue weighted by Gasteiger charge is 2.02. The largest absolute Gasteiger partial charge is 0.293 e. The molecule has 1 heterocycles. The van der Waals surface area contributed by atoms with Crippen LogP contribution in [0.25, 0.3) is 10.9 Å². The highest BCUT2D eigenvalue weighted by Crippen LogP contribution is 2.07. The molecule has 0 aliphatic heterocycles. The zero-order valence-corrected chi connectivity index (χ0v) is 6.91. The van der Waals surface area contributed by atoms with E-state index in [1.165, 1.54) is 22.8 Å². The van der Waals surface area contributed by atoms with Gasteiger partial charge in [-0.15, -0.1) is 0 Å². The molecule has 0 amide bonds. The van der Waals surface area contributed by atoms with Crippen molar-refractivity contribution in [1.29, 1.82) is 0 Å². The van der Waals surface area contributed by atoms with Crippen molar-refractivity contribution in [2.75, 3.05) is 0 Å². The molecule has 65 valence electrons. The molecule has 2 aromatic rings. The molecule has 3 nitrogen and oxygen atoms in total. The fraction of sp³-hybridized carbons (Fsp3) is 0.111. The molecular formula is C9H6FN2O. The number of hydrogen-bond donors (Lipinski definition) is 0. The molecule has 4 heteroatoms. The van der Waals surface area contributed by atoms with Crippen molar-refractivity contribution in [3.63, 3.8) is 0 Å². The Hall–Kier alpha value is -1.71. The third kappa shape index (κ3) is 1.20. The minimum Gasteiger partial charge on any atom is -0.293 e. The summed E-state index contributed by atoms with van der Waals surface area (Å²) in [6.45, 7) is 0. The number of fused-ring (bicyclic) bond motifs is 1. The molecule has 1 aromatic carbocycles. The van der Waals surface area contributed by atoms with Crippen LogP contribution in [0.3, 0.4) is 0 Å². The maximum Gasteiger partial charge on any atom is 0.261 e. The van der Waals surface area contributed by atoms with Crippen molar-refractivity contribution in [2.45, 2.75) is 0 Å². The Balaban J connectivity index is 2.95. The molecule has 13 heavy (non-hydrogen) atoms. The molecule has 0 saturated heterocycles. The van der Waals surface area contributed by atoms with Gasteiger partial charge in [0.05, 0.1) is 10.9 Å². The molecule has 0 saturated carbocycles. The average Bonchev–Trinajstić information content (AvgIpc) is 2.12. The smallest absolute Gasteiger partial charge is 0.261 e. The van der Waals surface area contributed by atoms with Gasteiger partial charge < -0.3 is 0 Å². The number of aryl methyl sites for hydroxylation is 1. The van der Waals surface area contributed by atoms with Gasteiger partial charge in [-0.25, -0.2) is 9.37 Å². The first-order valence-corrected chi connectivity index (χ1v) is 3.72. The lowest BCUT2D eigenvalue weighted by Gasteiger charge is -1.98. The quantitative estimate of drug-likeness (QED) is 0.598. The van der Waals surface area contributed by atoms with E-state index in [0.717, 1.165) is 0 Å². The lowest BCUT2D eigenvalue weighted by atomic mass is 10.2. The topological polar surface area (TPSA) is 34.9 Å². The molecule has 2 rings (SSSR count). The van der Waals surface area contributed by atoms with Crippen LogP contribution in [-0.4, -0.2) is 9.55 Å². The minimum atomic E-state index is -0.401. The maximum absolute atomic E-state index is 12.7. The molecule has 0 fully saturated rings. The van der Waals surface area contributed by atoms with E-state index in [2.05, 4.69) is 11.3 Å². The summed E-state index contributed by atoms with van der Waals surface area (Å²) in [5, 5.41) is 0.405. The highest BCUT2D eigenvalue weighted by atomic mass is 19.1. The molecular weight excluding hydrogens is 171 g/mol. The molecule has 0 aliphatic carbocycles. The van der Waals surface area contributed by atoms with Crippen LogP contribution in [0, 0.1) is 12.1 Å². The normalized spacial score (nSPS) is 10.6. The van der Waals surface area contributed by atoms with Gasteiger partial charge in [0.2, 0.25) is 0 Å². The summed E-state index contributed by atoms with van der Waals surface area (Å²) in [6, 6.07) is 3.88. The predicted molar refractivity (Wildman–Crippen MR) is 45.8 cm³/mol. The second-order valence-electron chi connectivity index (χ2n) is 2.74. The first kappa shape index (κ1) is 7.91. The SMILES string of the molecule is Cn1[c]nc2cc(F)ccc2c1=O. The van der Waals surface area contributed by atoms with Crippen LogP contribution in [0.1, 0.15) is 0 Å². The fourth-order valence-electron chi connectivity index (χ4n) is 1.13. The van der Waals surface area contributed by atoms with E-state index in [9.17, 15) is 9.18 Å². The van der Waals surface area contributed by atoms with Crippen LogP contribution >= 0.6 is 0 Å². The van der Waals surface area contributed by atoms with Crippen molar-refractivity contribution < 1.29 is 4.39 Å². The van der Waals surface area contributed by atoms with Gasteiger partial charge in [-0.05, 0) is 12.1 Å². The minimum absolute atomic E-state index is 0.218. The molecule has 0 atom stereocenters. The van der Waals surface area contributed by atoms with Gasteiger partial charge in [0, 0.05) is 13.1 Å². The van der Waals surface area contributed by atoms with Crippen LogP contribution in [0.5, 0.6) is 0 Å². The number of benzene rings is 1. The molecule has 0 bridgehead atoms. The molecule has 0 unspecified atom stereocenters. The Labute approximate surface area is 73.5 Å².